The molecule has 2 atom stereocenters. The van der Waals surface area contributed by atoms with Crippen LogP contribution in [0.25, 0.3) is 0 Å². The molecule has 0 aromatic heterocycles. The van der Waals surface area contributed by atoms with Gasteiger partial charge in [-0.15, -0.1) is 0 Å². The molecule has 5 heteroatoms. The monoisotopic (exact) mass is 296 g/mol. The van der Waals surface area contributed by atoms with Crippen molar-refractivity contribution in [2.75, 3.05) is 26.8 Å². The molecule has 0 spiro atoms. The second kappa shape index (κ2) is 7.73. The van der Waals surface area contributed by atoms with Crippen molar-refractivity contribution in [2.45, 2.75) is 37.8 Å². The van der Waals surface area contributed by atoms with Gasteiger partial charge in [0.05, 0.1) is 13.7 Å². The summed E-state index contributed by atoms with van der Waals surface area (Å²) in [6.45, 7) is 1.93. The number of hydrogen-bond acceptors (Lipinski definition) is 4. The molecule has 1 aromatic carbocycles. The molecule has 0 saturated carbocycles. The third kappa shape index (κ3) is 3.93. The van der Waals surface area contributed by atoms with E-state index in [1.807, 2.05) is 0 Å². The van der Waals surface area contributed by atoms with Crippen LogP contribution in [0.3, 0.4) is 0 Å². The van der Waals surface area contributed by atoms with Crippen molar-refractivity contribution >= 4 is 0 Å². The number of hydrogen-bond donors (Lipinski definition) is 2. The number of aliphatic hydroxyl groups excluding tert-OH is 1. The van der Waals surface area contributed by atoms with Crippen molar-refractivity contribution in [1.29, 1.82) is 0 Å². The molecule has 1 aliphatic heterocycles. The Morgan fingerprint density at radius 2 is 2.29 bits per heavy atom. The van der Waals surface area contributed by atoms with Gasteiger partial charge in [-0.2, -0.15) is 0 Å². The number of piperidine rings is 1. The first-order valence-corrected chi connectivity index (χ1v) is 7.60. The Bertz CT molecular complexity index is 456. The van der Waals surface area contributed by atoms with Gasteiger partial charge >= 0.3 is 0 Å². The molecule has 3 N–H and O–H groups in total. The van der Waals surface area contributed by atoms with E-state index in [1.165, 1.54) is 13.2 Å². The lowest BCUT2D eigenvalue weighted by Crippen LogP contribution is -2.43. The van der Waals surface area contributed by atoms with Gasteiger partial charge in [-0.3, -0.25) is 4.90 Å². The predicted molar refractivity (Wildman–Crippen MR) is 80.8 cm³/mol. The fourth-order valence-corrected chi connectivity index (χ4v) is 3.07. The number of benzene rings is 1. The van der Waals surface area contributed by atoms with E-state index in [4.69, 9.17) is 10.5 Å². The predicted octanol–water partition coefficient (Wildman–Crippen LogP) is 2.07. The Morgan fingerprint density at radius 1 is 1.48 bits per heavy atom. The molecule has 21 heavy (non-hydrogen) atoms. The van der Waals surface area contributed by atoms with Gasteiger partial charge in [-0.05, 0) is 37.9 Å². The van der Waals surface area contributed by atoms with Crippen molar-refractivity contribution in [3.8, 4) is 5.75 Å². The Balaban J connectivity index is 2.00. The zero-order valence-electron chi connectivity index (χ0n) is 12.6. The van der Waals surface area contributed by atoms with Crippen LogP contribution in [0.1, 0.15) is 37.3 Å². The Hall–Kier alpha value is -1.17. The van der Waals surface area contributed by atoms with E-state index in [0.717, 1.165) is 32.4 Å². The van der Waals surface area contributed by atoms with Crippen LogP contribution in [0, 0.1) is 5.82 Å². The van der Waals surface area contributed by atoms with E-state index in [9.17, 15) is 9.50 Å². The lowest BCUT2D eigenvalue weighted by Gasteiger charge is -2.35. The third-order valence-corrected chi connectivity index (χ3v) is 4.29. The minimum atomic E-state index is -0.401. The third-order valence-electron chi connectivity index (χ3n) is 4.29. The zero-order valence-corrected chi connectivity index (χ0v) is 12.6. The number of rotatable bonds is 6. The van der Waals surface area contributed by atoms with Crippen molar-refractivity contribution in [3.63, 3.8) is 0 Å². The highest BCUT2D eigenvalue weighted by molar-refractivity contribution is 5.37. The van der Waals surface area contributed by atoms with Crippen LogP contribution in [0.4, 0.5) is 4.39 Å². The number of ether oxygens (including phenoxy) is 1. The first-order valence-electron chi connectivity index (χ1n) is 7.60. The molecule has 4 nitrogen and oxygen atoms in total. The number of aliphatic hydroxyl groups is 1. The van der Waals surface area contributed by atoms with E-state index in [-0.39, 0.29) is 18.5 Å². The Kier molecular flexibility index (Phi) is 5.96. The summed E-state index contributed by atoms with van der Waals surface area (Å²) in [6.07, 6.45) is 3.98. The standard InChI is InChI=1S/C16H25FN2O2/c1-21-15-7-4-6-13(17)16(15)14(18)8-10-19-9-3-2-5-12(19)11-20/h4,6-7,12,14,20H,2-3,5,8-11,18H2,1H3. The molecule has 118 valence electrons. The molecule has 2 rings (SSSR count). The highest BCUT2D eigenvalue weighted by Gasteiger charge is 2.23. The van der Waals surface area contributed by atoms with Gasteiger partial charge in [-0.25, -0.2) is 4.39 Å². The molecule has 1 aromatic rings. The van der Waals surface area contributed by atoms with Gasteiger partial charge < -0.3 is 15.6 Å². The topological polar surface area (TPSA) is 58.7 Å². The molecular weight excluding hydrogens is 271 g/mol. The maximum Gasteiger partial charge on any atom is 0.131 e. The Morgan fingerprint density at radius 3 is 3.00 bits per heavy atom. The molecule has 1 fully saturated rings. The van der Waals surface area contributed by atoms with Crippen LogP contribution in [-0.2, 0) is 0 Å². The summed E-state index contributed by atoms with van der Waals surface area (Å²) < 4.78 is 19.2. The summed E-state index contributed by atoms with van der Waals surface area (Å²) in [6, 6.07) is 4.58. The molecule has 0 bridgehead atoms. The van der Waals surface area contributed by atoms with Crippen molar-refractivity contribution < 1.29 is 14.2 Å². The maximum atomic E-state index is 14.0. The van der Waals surface area contributed by atoms with Crippen molar-refractivity contribution in [2.24, 2.45) is 5.73 Å². The van der Waals surface area contributed by atoms with Crippen molar-refractivity contribution in [3.05, 3.63) is 29.6 Å². The lowest BCUT2D eigenvalue weighted by atomic mass is 9.99. The number of halogens is 1. The van der Waals surface area contributed by atoms with Crippen LogP contribution in [0.5, 0.6) is 5.75 Å². The van der Waals surface area contributed by atoms with Gasteiger partial charge in [0.1, 0.15) is 11.6 Å². The molecule has 0 aliphatic carbocycles. The van der Waals surface area contributed by atoms with E-state index in [0.29, 0.717) is 17.7 Å². The van der Waals surface area contributed by atoms with E-state index in [1.54, 1.807) is 12.1 Å². The molecule has 1 saturated heterocycles. The summed E-state index contributed by atoms with van der Waals surface area (Å²) in [7, 11) is 1.53. The maximum absolute atomic E-state index is 14.0. The molecule has 0 radical (unpaired) electrons. The van der Waals surface area contributed by atoms with E-state index in [2.05, 4.69) is 4.90 Å². The van der Waals surface area contributed by atoms with Crippen LogP contribution < -0.4 is 10.5 Å². The van der Waals surface area contributed by atoms with Crippen molar-refractivity contribution in [1.82, 2.24) is 4.90 Å². The van der Waals surface area contributed by atoms with Crippen LogP contribution >= 0.6 is 0 Å². The summed E-state index contributed by atoms with van der Waals surface area (Å²) in [5.74, 6) is 0.180. The van der Waals surface area contributed by atoms with E-state index >= 15 is 0 Å². The fraction of sp³-hybridized carbons (Fsp3) is 0.625. The highest BCUT2D eigenvalue weighted by atomic mass is 19.1. The van der Waals surface area contributed by atoms with Gasteiger partial charge in [0.15, 0.2) is 0 Å². The van der Waals surface area contributed by atoms with Gasteiger partial charge in [0, 0.05) is 24.2 Å². The average molecular weight is 296 g/mol. The minimum absolute atomic E-state index is 0.179. The molecular formula is C16H25FN2O2. The number of likely N-dealkylation sites (tertiary alicyclic amines) is 1. The molecule has 2 unspecified atom stereocenters. The highest BCUT2D eigenvalue weighted by Crippen LogP contribution is 2.29. The fourth-order valence-electron chi connectivity index (χ4n) is 3.07. The van der Waals surface area contributed by atoms with Crippen LogP contribution in [0.2, 0.25) is 0 Å². The van der Waals surface area contributed by atoms with E-state index < -0.39 is 6.04 Å². The molecule has 0 amide bonds. The number of methoxy groups -OCH3 is 1. The summed E-state index contributed by atoms with van der Waals surface area (Å²) in [4.78, 5) is 2.26. The normalized spacial score (nSPS) is 21.2. The second-order valence-electron chi connectivity index (χ2n) is 5.62. The average Bonchev–Trinajstić information content (AvgIpc) is 2.52. The summed E-state index contributed by atoms with van der Waals surface area (Å²) in [5.41, 5.74) is 6.61. The zero-order chi connectivity index (χ0) is 15.2. The molecule has 1 aliphatic rings. The lowest BCUT2D eigenvalue weighted by molar-refractivity contribution is 0.0874. The SMILES string of the molecule is COc1cccc(F)c1C(N)CCN1CCCCC1CO. The molecule has 1 heterocycles. The van der Waals surface area contributed by atoms with Crippen LogP contribution in [-0.4, -0.2) is 42.9 Å². The minimum Gasteiger partial charge on any atom is -0.496 e. The second-order valence-corrected chi connectivity index (χ2v) is 5.62. The van der Waals surface area contributed by atoms with Gasteiger partial charge in [-0.1, -0.05) is 12.5 Å². The quantitative estimate of drug-likeness (QED) is 0.844. The largest absolute Gasteiger partial charge is 0.496 e. The smallest absolute Gasteiger partial charge is 0.131 e. The number of nitrogens with zero attached hydrogens (tertiary/aromatic N) is 1. The first-order chi connectivity index (χ1) is 10.2. The van der Waals surface area contributed by atoms with Gasteiger partial charge in [0.25, 0.3) is 0 Å². The van der Waals surface area contributed by atoms with Crippen LogP contribution in [0.15, 0.2) is 18.2 Å². The Labute approximate surface area is 125 Å². The first kappa shape index (κ1) is 16.2. The summed E-state index contributed by atoms with van der Waals surface area (Å²) >= 11 is 0. The van der Waals surface area contributed by atoms with Gasteiger partial charge in [0.2, 0.25) is 0 Å². The number of nitrogens with two attached hydrogens (primary N) is 1. The summed E-state index contributed by atoms with van der Waals surface area (Å²) in [5, 5.41) is 9.42.